The van der Waals surface area contributed by atoms with Crippen LogP contribution in [0.4, 0.5) is 18.3 Å². The van der Waals surface area contributed by atoms with Crippen LogP contribution in [-0.2, 0) is 6.18 Å². The lowest BCUT2D eigenvalue weighted by atomic mass is 10.2. The number of nitrogens with zero attached hydrogens (tertiary/aromatic N) is 4. The monoisotopic (exact) mass is 302 g/mol. The second kappa shape index (κ2) is 5.16. The summed E-state index contributed by atoms with van der Waals surface area (Å²) in [5, 5.41) is 0.298. The molecule has 0 saturated carbocycles. The van der Waals surface area contributed by atoms with Gasteiger partial charge in [0.1, 0.15) is 11.5 Å². The molecule has 2 heterocycles. The molecular weight excluding hydrogens is 293 g/mol. The lowest BCUT2D eigenvalue weighted by molar-refractivity contribution is -0.137. The summed E-state index contributed by atoms with van der Waals surface area (Å²) in [7, 11) is 1.41. The number of anilines is 1. The lowest BCUT2D eigenvalue weighted by Crippen LogP contribution is -2.27. The first kappa shape index (κ1) is 14.4. The zero-order valence-electron chi connectivity index (χ0n) is 10.5. The maximum atomic E-state index is 12.6. The fraction of sp³-hybridized carbons (Fsp3) is 0.273. The van der Waals surface area contributed by atoms with Crippen molar-refractivity contribution >= 4 is 22.6 Å². The molecule has 0 radical (unpaired) electrons. The zero-order chi connectivity index (χ0) is 14.9. The van der Waals surface area contributed by atoms with Crippen molar-refractivity contribution < 1.29 is 18.0 Å². The molecule has 2 aromatic heterocycles. The summed E-state index contributed by atoms with van der Waals surface area (Å²) in [4.78, 5) is 20.8. The van der Waals surface area contributed by atoms with Crippen LogP contribution in [0.25, 0.3) is 0 Å². The smallest absolute Gasteiger partial charge is 0.285 e. The minimum absolute atomic E-state index is 0.296. The van der Waals surface area contributed by atoms with Crippen molar-refractivity contribution in [2.45, 2.75) is 13.1 Å². The number of carbonyl (C=O) groups is 1. The molecule has 0 N–H and O–H groups in total. The highest BCUT2D eigenvalue weighted by atomic mass is 32.1. The lowest BCUT2D eigenvalue weighted by Gasteiger charge is -2.13. The number of alkyl halides is 3. The van der Waals surface area contributed by atoms with Crippen molar-refractivity contribution in [3.05, 3.63) is 35.4 Å². The first-order valence-corrected chi connectivity index (χ1v) is 6.18. The average molecular weight is 302 g/mol. The van der Waals surface area contributed by atoms with Crippen LogP contribution in [0.2, 0.25) is 0 Å². The molecule has 0 aliphatic carbocycles. The number of aryl methyl sites for hydroxylation is 1. The van der Waals surface area contributed by atoms with E-state index in [1.807, 2.05) is 0 Å². The number of aromatic nitrogens is 3. The molecule has 0 bridgehead atoms. The molecule has 0 unspecified atom stereocenters. The van der Waals surface area contributed by atoms with Crippen LogP contribution in [0, 0.1) is 6.92 Å². The number of hydrogen-bond donors (Lipinski definition) is 0. The third-order valence-corrected chi connectivity index (χ3v) is 3.30. The van der Waals surface area contributed by atoms with Crippen LogP contribution in [0.15, 0.2) is 18.3 Å². The molecule has 9 heteroatoms. The van der Waals surface area contributed by atoms with E-state index in [1.54, 1.807) is 6.92 Å². The first-order chi connectivity index (χ1) is 9.29. The van der Waals surface area contributed by atoms with Crippen molar-refractivity contribution in [1.29, 1.82) is 0 Å². The van der Waals surface area contributed by atoms with E-state index in [4.69, 9.17) is 0 Å². The highest BCUT2D eigenvalue weighted by Crippen LogP contribution is 2.29. The summed E-state index contributed by atoms with van der Waals surface area (Å²) >= 11 is 0.984. The van der Waals surface area contributed by atoms with Gasteiger partial charge in [-0.3, -0.25) is 14.7 Å². The van der Waals surface area contributed by atoms with Gasteiger partial charge in [0, 0.05) is 24.8 Å². The molecule has 0 aliphatic heterocycles. The number of hydrogen-bond acceptors (Lipinski definition) is 5. The van der Waals surface area contributed by atoms with E-state index in [0.717, 1.165) is 28.7 Å². The van der Waals surface area contributed by atoms with Gasteiger partial charge >= 0.3 is 6.18 Å². The maximum absolute atomic E-state index is 12.6. The fourth-order valence-corrected chi connectivity index (χ4v) is 2.04. The minimum atomic E-state index is -4.52. The van der Waals surface area contributed by atoms with Crippen LogP contribution in [0.5, 0.6) is 0 Å². The van der Waals surface area contributed by atoms with E-state index in [0.29, 0.717) is 17.0 Å². The molecule has 0 atom stereocenters. The maximum Gasteiger partial charge on any atom is 0.416 e. The van der Waals surface area contributed by atoms with Gasteiger partial charge in [0.05, 0.1) is 5.56 Å². The number of rotatable bonds is 2. The van der Waals surface area contributed by atoms with Gasteiger partial charge < -0.3 is 0 Å². The Hall–Kier alpha value is -2.03. The Kier molecular flexibility index (Phi) is 3.71. The summed E-state index contributed by atoms with van der Waals surface area (Å²) in [6.07, 6.45) is -3.56. The Bertz CT molecular complexity index is 641. The quantitative estimate of drug-likeness (QED) is 0.855. The van der Waals surface area contributed by atoms with Gasteiger partial charge in [0.15, 0.2) is 0 Å². The number of halogens is 3. The third kappa shape index (κ3) is 2.93. The Morgan fingerprint density at radius 3 is 2.65 bits per heavy atom. The van der Waals surface area contributed by atoms with Gasteiger partial charge in [-0.2, -0.15) is 17.5 Å². The molecule has 0 fully saturated rings. The SMILES string of the molecule is Cc1nsc(N(C)C(=O)c2cc(C(F)(F)F)ccn2)n1. The van der Waals surface area contributed by atoms with Crippen molar-refractivity contribution in [2.75, 3.05) is 11.9 Å². The molecule has 0 aliphatic rings. The number of amides is 1. The molecule has 0 spiro atoms. The Balaban J connectivity index is 2.29. The van der Waals surface area contributed by atoms with E-state index in [-0.39, 0.29) is 5.69 Å². The van der Waals surface area contributed by atoms with Crippen molar-refractivity contribution in [1.82, 2.24) is 14.3 Å². The van der Waals surface area contributed by atoms with Gasteiger partial charge in [0.25, 0.3) is 5.91 Å². The van der Waals surface area contributed by atoms with Gasteiger partial charge in [-0.25, -0.2) is 4.98 Å². The van der Waals surface area contributed by atoms with Crippen molar-refractivity contribution in [3.8, 4) is 0 Å². The predicted octanol–water partition coefficient (Wildman–Crippen LogP) is 2.54. The minimum Gasteiger partial charge on any atom is -0.285 e. The van der Waals surface area contributed by atoms with Crippen molar-refractivity contribution in [3.63, 3.8) is 0 Å². The second-order valence-corrected chi connectivity index (χ2v) is 4.65. The summed E-state index contributed by atoms with van der Waals surface area (Å²) < 4.78 is 41.7. The normalized spacial score (nSPS) is 11.4. The average Bonchev–Trinajstić information content (AvgIpc) is 2.83. The van der Waals surface area contributed by atoms with Crippen LogP contribution >= 0.6 is 11.5 Å². The summed E-state index contributed by atoms with van der Waals surface area (Å²) in [5.74, 6) is -0.186. The van der Waals surface area contributed by atoms with Gasteiger partial charge in [-0.05, 0) is 19.1 Å². The molecule has 20 heavy (non-hydrogen) atoms. The van der Waals surface area contributed by atoms with E-state index in [2.05, 4.69) is 14.3 Å². The van der Waals surface area contributed by atoms with Crippen LogP contribution in [-0.4, -0.2) is 27.3 Å². The molecule has 5 nitrogen and oxygen atoms in total. The Morgan fingerprint density at radius 1 is 1.40 bits per heavy atom. The zero-order valence-corrected chi connectivity index (χ0v) is 11.3. The van der Waals surface area contributed by atoms with E-state index in [9.17, 15) is 18.0 Å². The van der Waals surface area contributed by atoms with Crippen LogP contribution in [0.3, 0.4) is 0 Å². The number of pyridine rings is 1. The standard InChI is InChI=1S/C11H9F3N4OS/c1-6-16-10(20-17-6)18(2)9(19)8-5-7(3-4-15-8)11(12,13)14/h3-5H,1-2H3. The third-order valence-electron chi connectivity index (χ3n) is 2.41. The highest BCUT2D eigenvalue weighted by Gasteiger charge is 2.31. The van der Waals surface area contributed by atoms with Gasteiger partial charge in [0.2, 0.25) is 5.13 Å². The second-order valence-electron chi connectivity index (χ2n) is 3.92. The molecule has 2 aromatic rings. The Morgan fingerprint density at radius 2 is 2.10 bits per heavy atom. The van der Waals surface area contributed by atoms with E-state index >= 15 is 0 Å². The topological polar surface area (TPSA) is 59.0 Å². The van der Waals surface area contributed by atoms with Crippen molar-refractivity contribution in [2.24, 2.45) is 0 Å². The summed E-state index contributed by atoms with van der Waals surface area (Å²) in [5.41, 5.74) is -1.21. The fourth-order valence-electron chi connectivity index (χ4n) is 1.40. The van der Waals surface area contributed by atoms with Gasteiger partial charge in [-0.1, -0.05) is 0 Å². The Labute approximate surface area is 116 Å². The largest absolute Gasteiger partial charge is 0.416 e. The molecule has 2 rings (SSSR count). The highest BCUT2D eigenvalue weighted by molar-refractivity contribution is 7.09. The molecule has 1 amide bonds. The van der Waals surface area contributed by atoms with Crippen LogP contribution < -0.4 is 4.90 Å². The van der Waals surface area contributed by atoms with E-state index in [1.165, 1.54) is 7.05 Å². The summed E-state index contributed by atoms with van der Waals surface area (Å²) in [6.45, 7) is 1.65. The summed E-state index contributed by atoms with van der Waals surface area (Å²) in [6, 6.07) is 1.53. The molecular formula is C11H9F3N4OS. The number of carbonyl (C=O) groups excluding carboxylic acids is 1. The molecule has 0 aromatic carbocycles. The first-order valence-electron chi connectivity index (χ1n) is 5.40. The molecule has 0 saturated heterocycles. The van der Waals surface area contributed by atoms with Gasteiger partial charge in [-0.15, -0.1) is 0 Å². The van der Waals surface area contributed by atoms with Crippen LogP contribution in [0.1, 0.15) is 21.9 Å². The van der Waals surface area contributed by atoms with E-state index < -0.39 is 17.6 Å². The molecule has 106 valence electrons. The predicted molar refractivity (Wildman–Crippen MR) is 66.6 cm³/mol.